The van der Waals surface area contributed by atoms with Crippen LogP contribution in [0.2, 0.25) is 0 Å². The lowest BCUT2D eigenvalue weighted by Gasteiger charge is -2.34. The molecule has 0 bridgehead atoms. The van der Waals surface area contributed by atoms with Crippen LogP contribution in [0.1, 0.15) is 26.7 Å². The van der Waals surface area contributed by atoms with Crippen LogP contribution in [-0.2, 0) is 19.5 Å². The molecule has 3 unspecified atom stereocenters. The van der Waals surface area contributed by atoms with Crippen molar-refractivity contribution in [3.63, 3.8) is 0 Å². The molecule has 9 heteroatoms. The van der Waals surface area contributed by atoms with Crippen LogP contribution in [0.4, 0.5) is 0 Å². The molecule has 0 aromatic carbocycles. The first-order valence-corrected chi connectivity index (χ1v) is 9.76. The SMILES string of the molecule is CC1CN(S(=O)(=O)CCNC(N)=NCC2CCCO2)CC(C)O1. The van der Waals surface area contributed by atoms with E-state index in [-0.39, 0.29) is 36.6 Å². The summed E-state index contributed by atoms with van der Waals surface area (Å²) in [6, 6.07) is 0. The third kappa shape index (κ3) is 5.91. The number of sulfonamides is 1. The Labute approximate surface area is 138 Å². The van der Waals surface area contributed by atoms with E-state index in [1.54, 1.807) is 0 Å². The van der Waals surface area contributed by atoms with Crippen LogP contribution in [-0.4, -0.2) is 75.5 Å². The van der Waals surface area contributed by atoms with Crippen molar-refractivity contribution in [1.82, 2.24) is 9.62 Å². The minimum Gasteiger partial charge on any atom is -0.376 e. The van der Waals surface area contributed by atoms with Gasteiger partial charge in [0, 0.05) is 26.2 Å². The summed E-state index contributed by atoms with van der Waals surface area (Å²) in [4.78, 5) is 4.19. The largest absolute Gasteiger partial charge is 0.376 e. The van der Waals surface area contributed by atoms with Gasteiger partial charge in [0.05, 0.1) is 30.6 Å². The van der Waals surface area contributed by atoms with E-state index in [1.807, 2.05) is 13.8 Å². The lowest BCUT2D eigenvalue weighted by Crippen LogP contribution is -2.50. The van der Waals surface area contributed by atoms with Gasteiger partial charge in [-0.15, -0.1) is 0 Å². The van der Waals surface area contributed by atoms with Crippen molar-refractivity contribution in [1.29, 1.82) is 0 Å². The smallest absolute Gasteiger partial charge is 0.216 e. The molecule has 2 saturated heterocycles. The Morgan fingerprint density at radius 3 is 2.65 bits per heavy atom. The van der Waals surface area contributed by atoms with E-state index in [0.717, 1.165) is 19.4 Å². The Kier molecular flexibility index (Phi) is 6.63. The summed E-state index contributed by atoms with van der Waals surface area (Å²) in [7, 11) is -3.32. The first-order valence-electron chi connectivity index (χ1n) is 8.15. The zero-order chi connectivity index (χ0) is 16.9. The van der Waals surface area contributed by atoms with Gasteiger partial charge in [-0.25, -0.2) is 8.42 Å². The van der Waals surface area contributed by atoms with Gasteiger partial charge in [-0.3, -0.25) is 4.99 Å². The predicted octanol–water partition coefficient (Wildman–Crippen LogP) is -0.491. The van der Waals surface area contributed by atoms with E-state index >= 15 is 0 Å². The van der Waals surface area contributed by atoms with Crippen molar-refractivity contribution in [3.8, 4) is 0 Å². The third-order valence-corrected chi connectivity index (χ3v) is 5.74. The van der Waals surface area contributed by atoms with Gasteiger partial charge in [0.15, 0.2) is 5.96 Å². The molecule has 0 saturated carbocycles. The molecular formula is C14H28N4O4S. The molecule has 0 spiro atoms. The standard InChI is InChI=1S/C14H28N4O4S/c1-11-9-18(10-12(2)22-11)23(19,20)7-5-16-14(15)17-8-13-4-3-6-21-13/h11-13H,3-10H2,1-2H3,(H3,15,16,17). The Morgan fingerprint density at radius 2 is 2.04 bits per heavy atom. The highest BCUT2D eigenvalue weighted by molar-refractivity contribution is 7.89. The van der Waals surface area contributed by atoms with E-state index in [4.69, 9.17) is 15.2 Å². The minimum absolute atomic E-state index is 0.0113. The zero-order valence-electron chi connectivity index (χ0n) is 13.9. The molecule has 2 heterocycles. The number of nitrogens with two attached hydrogens (primary N) is 1. The van der Waals surface area contributed by atoms with E-state index < -0.39 is 10.0 Å². The molecule has 0 amide bonds. The molecule has 8 nitrogen and oxygen atoms in total. The van der Waals surface area contributed by atoms with Crippen LogP contribution in [0, 0.1) is 0 Å². The fourth-order valence-electron chi connectivity index (χ4n) is 2.84. The van der Waals surface area contributed by atoms with Gasteiger partial charge in [0.25, 0.3) is 0 Å². The highest BCUT2D eigenvalue weighted by Gasteiger charge is 2.30. The molecule has 2 rings (SSSR count). The van der Waals surface area contributed by atoms with Crippen LogP contribution in [0.5, 0.6) is 0 Å². The second-order valence-electron chi connectivity index (χ2n) is 6.18. The monoisotopic (exact) mass is 348 g/mol. The number of nitrogens with zero attached hydrogens (tertiary/aromatic N) is 2. The Hall–Kier alpha value is -0.900. The van der Waals surface area contributed by atoms with Gasteiger partial charge in [0.2, 0.25) is 10.0 Å². The number of guanidine groups is 1. The number of hydrogen-bond donors (Lipinski definition) is 2. The third-order valence-electron chi connectivity index (χ3n) is 3.93. The molecule has 0 radical (unpaired) electrons. The van der Waals surface area contributed by atoms with Gasteiger partial charge in [-0.1, -0.05) is 0 Å². The Bertz CT molecular complexity index is 495. The van der Waals surface area contributed by atoms with Crippen molar-refractivity contribution < 1.29 is 17.9 Å². The van der Waals surface area contributed by atoms with Crippen LogP contribution in [0.15, 0.2) is 4.99 Å². The molecule has 0 aromatic heterocycles. The molecule has 2 aliphatic heterocycles. The number of nitrogens with one attached hydrogen (secondary N) is 1. The molecule has 2 fully saturated rings. The molecule has 2 aliphatic rings. The van der Waals surface area contributed by atoms with Crippen LogP contribution in [0.25, 0.3) is 0 Å². The first kappa shape index (κ1) is 18.4. The average Bonchev–Trinajstić information content (AvgIpc) is 2.97. The molecule has 3 N–H and O–H groups in total. The normalized spacial score (nSPS) is 30.5. The van der Waals surface area contributed by atoms with Crippen molar-refractivity contribution in [2.45, 2.75) is 45.0 Å². The molecule has 3 atom stereocenters. The summed E-state index contributed by atoms with van der Waals surface area (Å²) in [6.07, 6.45) is 2.02. The second-order valence-corrected chi connectivity index (χ2v) is 8.27. The summed E-state index contributed by atoms with van der Waals surface area (Å²) < 4.78 is 37.2. The van der Waals surface area contributed by atoms with E-state index in [2.05, 4.69) is 10.3 Å². The fourth-order valence-corrected chi connectivity index (χ4v) is 4.33. The zero-order valence-corrected chi connectivity index (χ0v) is 14.7. The predicted molar refractivity (Wildman–Crippen MR) is 88.8 cm³/mol. The molecule has 134 valence electrons. The van der Waals surface area contributed by atoms with Crippen LogP contribution in [0.3, 0.4) is 0 Å². The average molecular weight is 348 g/mol. The first-order chi connectivity index (χ1) is 10.9. The number of rotatable bonds is 6. The Morgan fingerprint density at radius 1 is 1.35 bits per heavy atom. The topological polar surface area (TPSA) is 106 Å². The van der Waals surface area contributed by atoms with Crippen molar-refractivity contribution in [3.05, 3.63) is 0 Å². The van der Waals surface area contributed by atoms with Gasteiger partial charge in [-0.2, -0.15) is 4.31 Å². The summed E-state index contributed by atoms with van der Waals surface area (Å²) >= 11 is 0. The summed E-state index contributed by atoms with van der Waals surface area (Å²) in [5.41, 5.74) is 5.76. The summed E-state index contributed by atoms with van der Waals surface area (Å²) in [5, 5.41) is 2.86. The number of aliphatic imine (C=N–C) groups is 1. The highest BCUT2D eigenvalue weighted by atomic mass is 32.2. The van der Waals surface area contributed by atoms with Crippen LogP contribution < -0.4 is 11.1 Å². The number of morpholine rings is 1. The molecule has 23 heavy (non-hydrogen) atoms. The van der Waals surface area contributed by atoms with E-state index in [9.17, 15) is 8.42 Å². The lowest BCUT2D eigenvalue weighted by molar-refractivity contribution is -0.0440. The summed E-state index contributed by atoms with van der Waals surface area (Å²) in [5.74, 6) is 0.252. The van der Waals surface area contributed by atoms with Gasteiger partial charge >= 0.3 is 0 Å². The van der Waals surface area contributed by atoms with Crippen molar-refractivity contribution in [2.75, 3.05) is 38.5 Å². The maximum Gasteiger partial charge on any atom is 0.216 e. The Balaban J connectivity index is 1.74. The lowest BCUT2D eigenvalue weighted by atomic mass is 10.2. The van der Waals surface area contributed by atoms with Crippen molar-refractivity contribution >= 4 is 16.0 Å². The number of hydrogen-bond acceptors (Lipinski definition) is 5. The maximum atomic E-state index is 12.4. The number of ether oxygens (including phenoxy) is 2. The minimum atomic E-state index is -3.32. The van der Waals surface area contributed by atoms with E-state index in [1.165, 1.54) is 4.31 Å². The van der Waals surface area contributed by atoms with Gasteiger partial charge in [0.1, 0.15) is 0 Å². The molecular weight excluding hydrogens is 320 g/mol. The summed E-state index contributed by atoms with van der Waals surface area (Å²) in [6.45, 7) is 6.10. The quantitative estimate of drug-likeness (QED) is 0.495. The molecule has 0 aliphatic carbocycles. The second kappa shape index (κ2) is 8.27. The van der Waals surface area contributed by atoms with E-state index in [0.29, 0.717) is 19.6 Å². The van der Waals surface area contributed by atoms with Crippen molar-refractivity contribution in [2.24, 2.45) is 10.7 Å². The molecule has 0 aromatic rings. The van der Waals surface area contributed by atoms with Gasteiger partial charge in [-0.05, 0) is 26.7 Å². The van der Waals surface area contributed by atoms with Gasteiger partial charge < -0.3 is 20.5 Å². The maximum absolute atomic E-state index is 12.4. The van der Waals surface area contributed by atoms with Crippen LogP contribution >= 0.6 is 0 Å². The highest BCUT2D eigenvalue weighted by Crippen LogP contribution is 2.14. The fraction of sp³-hybridized carbons (Fsp3) is 0.929.